The van der Waals surface area contributed by atoms with Crippen LogP contribution in [0.5, 0.6) is 0 Å². The molecular formula is C34H42Cl4N6O6S2. The number of allylic oxidation sites excluding steroid dienone is 2. The maximum absolute atomic E-state index is 11.3. The van der Waals surface area contributed by atoms with Crippen LogP contribution in [0.25, 0.3) is 17.1 Å². The molecule has 3 heterocycles. The minimum absolute atomic E-state index is 0. The zero-order valence-electron chi connectivity index (χ0n) is 28.1. The first-order chi connectivity index (χ1) is 24.1. The Morgan fingerprint density at radius 2 is 1.40 bits per heavy atom. The number of halogens is 4. The molecular weight excluding hydrogens is 794 g/mol. The highest BCUT2D eigenvalue weighted by Gasteiger charge is 2.31. The lowest BCUT2D eigenvalue weighted by Crippen LogP contribution is -2.41. The summed E-state index contributed by atoms with van der Waals surface area (Å²) in [6.45, 7) is 8.17. The molecule has 284 valence electrons. The second-order valence-electron chi connectivity index (χ2n) is 11.2. The van der Waals surface area contributed by atoms with Crippen molar-refractivity contribution in [3.05, 3.63) is 98.7 Å². The third kappa shape index (κ3) is 11.1. The number of aromatic nitrogens is 3. The van der Waals surface area contributed by atoms with Crippen molar-refractivity contribution >= 4 is 95.1 Å². The molecule has 4 aromatic rings. The fraction of sp³-hybridized carbons (Fsp3) is 0.353. The number of fused-ring (bicyclic) bond motifs is 2. The second-order valence-corrected chi connectivity index (χ2v) is 15.9. The minimum Gasteiger partial charge on any atom is -0.748 e. The van der Waals surface area contributed by atoms with E-state index in [2.05, 4.69) is 29.3 Å². The summed E-state index contributed by atoms with van der Waals surface area (Å²) in [7, 11) is -8.87. The van der Waals surface area contributed by atoms with Gasteiger partial charge in [0.25, 0.3) is 5.82 Å². The van der Waals surface area contributed by atoms with E-state index in [4.69, 9.17) is 46.4 Å². The molecule has 0 unspecified atom stereocenters. The predicted octanol–water partition coefficient (Wildman–Crippen LogP) is 6.38. The quantitative estimate of drug-likeness (QED) is 0.120. The van der Waals surface area contributed by atoms with E-state index in [9.17, 15) is 25.9 Å². The monoisotopic (exact) mass is 834 g/mol. The van der Waals surface area contributed by atoms with Gasteiger partial charge in [-0.1, -0.05) is 66.0 Å². The summed E-state index contributed by atoms with van der Waals surface area (Å²) in [5.41, 5.74) is 5.80. The Labute approximate surface area is 325 Å². The highest BCUT2D eigenvalue weighted by molar-refractivity contribution is 7.85. The van der Waals surface area contributed by atoms with E-state index in [-0.39, 0.29) is 26.9 Å². The van der Waals surface area contributed by atoms with Crippen molar-refractivity contribution < 1.29 is 35.1 Å². The summed E-state index contributed by atoms with van der Waals surface area (Å²) in [5, 5.41) is 2.95. The van der Waals surface area contributed by atoms with E-state index in [1.807, 2.05) is 52.2 Å². The number of pyridine rings is 1. The van der Waals surface area contributed by atoms with Gasteiger partial charge in [0.2, 0.25) is 0 Å². The van der Waals surface area contributed by atoms with Crippen LogP contribution in [0.15, 0.2) is 72.8 Å². The molecule has 2 aromatic carbocycles. The Bertz CT molecular complexity index is 2150. The highest BCUT2D eigenvalue weighted by Crippen LogP contribution is 2.44. The predicted molar refractivity (Wildman–Crippen MR) is 208 cm³/mol. The maximum atomic E-state index is 11.3. The van der Waals surface area contributed by atoms with E-state index < -0.39 is 31.7 Å². The Morgan fingerprint density at radius 3 is 1.96 bits per heavy atom. The second kappa shape index (κ2) is 18.9. The third-order valence-electron chi connectivity index (χ3n) is 7.87. The summed E-state index contributed by atoms with van der Waals surface area (Å²) in [6, 6.07) is 12.9. The highest BCUT2D eigenvalue weighted by atomic mass is 35.5. The van der Waals surface area contributed by atoms with Gasteiger partial charge in [-0.15, -0.1) is 0 Å². The van der Waals surface area contributed by atoms with E-state index in [1.165, 1.54) is 0 Å². The number of anilines is 2. The first-order valence-electron chi connectivity index (χ1n) is 16.0. The molecule has 0 fully saturated rings. The van der Waals surface area contributed by atoms with Crippen molar-refractivity contribution in [2.75, 3.05) is 34.5 Å². The molecule has 0 aliphatic carbocycles. The van der Waals surface area contributed by atoms with Crippen molar-refractivity contribution in [2.24, 2.45) is 0 Å². The molecule has 18 heteroatoms. The number of rotatable bonds is 13. The Kier molecular flexibility index (Phi) is 15.8. The van der Waals surface area contributed by atoms with Crippen molar-refractivity contribution in [3.8, 4) is 0 Å². The Hall–Kier alpha value is -2.92. The van der Waals surface area contributed by atoms with Gasteiger partial charge in [-0.05, 0) is 45.4 Å². The van der Waals surface area contributed by atoms with Crippen molar-refractivity contribution in [2.45, 2.75) is 54.3 Å². The van der Waals surface area contributed by atoms with Crippen LogP contribution < -0.4 is 24.5 Å². The molecule has 0 bridgehead atoms. The lowest BCUT2D eigenvalue weighted by Gasteiger charge is -2.25. The molecule has 12 nitrogen and oxygen atoms in total. The standard InChI is InChI=1S/C26H29Cl4N5O6S2.C7H10N.CH4/c1-3-32-21-13-17(27)18(28)14-22(21)34(10-6-11-42(36,37)38)25(32)7-5-8-26-33(4-2)23-15-19(29)20(30)16-24(23)35(26)31-9-12-43(39,40)41;1-2-8-6-4-3-5-7-8;/h5,7-8,13-16,31H,3-4,6,9-12H2,1-2H3,(H-,36,37,38,39,40,41);3-7H,2H2,1H3;1H4/q;+1;/p-1. The van der Waals surface area contributed by atoms with Gasteiger partial charge in [-0.2, -0.15) is 0 Å². The first kappa shape index (κ1) is 43.5. The van der Waals surface area contributed by atoms with Crippen LogP contribution >= 0.6 is 46.4 Å². The molecule has 0 amide bonds. The topological polar surface area (TPSA) is 146 Å². The molecule has 2 aromatic heterocycles. The number of nitrogens with zero attached hydrogens (tertiary/aromatic N) is 5. The van der Waals surface area contributed by atoms with Crippen LogP contribution in [-0.4, -0.2) is 55.1 Å². The zero-order valence-corrected chi connectivity index (χ0v) is 32.8. The molecule has 1 aliphatic heterocycles. The smallest absolute Gasteiger partial charge is 0.282 e. The van der Waals surface area contributed by atoms with E-state index in [0.29, 0.717) is 56.0 Å². The Balaban J connectivity index is 0.000000715. The first-order valence-corrected chi connectivity index (χ1v) is 20.7. The van der Waals surface area contributed by atoms with Gasteiger partial charge in [0.15, 0.2) is 23.4 Å². The SMILES string of the molecule is C.CCN1C(=CC=Cc2n(CC)c3cc(Cl)c(Cl)cc3[n+]2CCCS(=O)(=O)[O-])N(NCCS(=O)(=O)[O-])c2cc(Cl)c(Cl)cc21.CC[n+]1ccccc1. The van der Waals surface area contributed by atoms with Crippen LogP contribution in [0.3, 0.4) is 0 Å². The molecule has 0 spiro atoms. The number of hydrogen-bond donors (Lipinski definition) is 1. The molecule has 0 saturated carbocycles. The number of nitrogens with one attached hydrogen (secondary N) is 1. The van der Waals surface area contributed by atoms with Crippen LogP contribution in [0.4, 0.5) is 11.4 Å². The largest absolute Gasteiger partial charge is 0.748 e. The zero-order chi connectivity index (χ0) is 37.5. The van der Waals surface area contributed by atoms with Gasteiger partial charge in [0, 0.05) is 49.2 Å². The number of imidazole rings is 1. The van der Waals surface area contributed by atoms with Crippen molar-refractivity contribution in [1.29, 1.82) is 0 Å². The number of aryl methyl sites for hydroxylation is 3. The molecule has 1 aliphatic rings. The van der Waals surface area contributed by atoms with Gasteiger partial charge >= 0.3 is 0 Å². The number of hydrazine groups is 1. The van der Waals surface area contributed by atoms with Gasteiger partial charge in [-0.25, -0.2) is 36.0 Å². The molecule has 52 heavy (non-hydrogen) atoms. The fourth-order valence-electron chi connectivity index (χ4n) is 5.60. The van der Waals surface area contributed by atoms with Crippen LogP contribution in [0.1, 0.15) is 40.4 Å². The van der Waals surface area contributed by atoms with Crippen LogP contribution in [-0.2, 0) is 39.9 Å². The van der Waals surface area contributed by atoms with Crippen LogP contribution in [0.2, 0.25) is 20.1 Å². The van der Waals surface area contributed by atoms with Gasteiger partial charge in [0.1, 0.15) is 12.4 Å². The summed E-state index contributed by atoms with van der Waals surface area (Å²) >= 11 is 25.3. The summed E-state index contributed by atoms with van der Waals surface area (Å²) < 4.78 is 73.6. The lowest BCUT2D eigenvalue weighted by molar-refractivity contribution is -0.693. The van der Waals surface area contributed by atoms with Crippen molar-refractivity contribution in [1.82, 2.24) is 9.99 Å². The average Bonchev–Trinajstić information content (AvgIpc) is 3.50. The molecule has 0 radical (unpaired) electrons. The Morgan fingerprint density at radius 1 is 0.808 bits per heavy atom. The van der Waals surface area contributed by atoms with Crippen LogP contribution in [0, 0.1) is 0 Å². The van der Waals surface area contributed by atoms with Gasteiger partial charge < -0.3 is 14.0 Å². The number of hydrogen-bond acceptors (Lipinski definition) is 9. The third-order valence-corrected chi connectivity index (χ3v) is 10.8. The molecule has 0 saturated heterocycles. The minimum atomic E-state index is -4.46. The van der Waals surface area contributed by atoms with E-state index in [1.54, 1.807) is 41.4 Å². The molecule has 5 rings (SSSR count). The summed E-state index contributed by atoms with van der Waals surface area (Å²) in [4.78, 5) is 1.93. The lowest BCUT2D eigenvalue weighted by atomic mass is 10.2. The van der Waals surface area contributed by atoms with Gasteiger partial charge in [-0.3, -0.25) is 5.01 Å². The van der Waals surface area contributed by atoms with E-state index >= 15 is 0 Å². The van der Waals surface area contributed by atoms with Crippen molar-refractivity contribution in [3.63, 3.8) is 0 Å². The summed E-state index contributed by atoms with van der Waals surface area (Å²) in [6.07, 6.45) is 9.58. The number of benzene rings is 2. The molecule has 1 N–H and O–H groups in total. The maximum Gasteiger partial charge on any atom is 0.282 e. The molecule has 0 atom stereocenters. The average molecular weight is 837 g/mol. The normalized spacial score (nSPS) is 13.8. The van der Waals surface area contributed by atoms with E-state index in [0.717, 1.165) is 17.7 Å². The fourth-order valence-corrected chi connectivity index (χ4v) is 7.05. The summed E-state index contributed by atoms with van der Waals surface area (Å²) in [5.74, 6) is 0.139. The van der Waals surface area contributed by atoms with Gasteiger partial charge in [0.05, 0.1) is 70.5 Å².